The summed E-state index contributed by atoms with van der Waals surface area (Å²) in [7, 11) is -7.39. The summed E-state index contributed by atoms with van der Waals surface area (Å²) >= 11 is 5.66. The second-order valence-electron chi connectivity index (χ2n) is 5.92. The zero-order valence-corrected chi connectivity index (χ0v) is 16.1. The van der Waals surface area contributed by atoms with Crippen LogP contribution in [0.1, 0.15) is 12.0 Å². The molecule has 3 rings (SSSR count). The van der Waals surface area contributed by atoms with Gasteiger partial charge in [-0.15, -0.1) is 0 Å². The minimum atomic E-state index is -4.01. The summed E-state index contributed by atoms with van der Waals surface area (Å²) in [5, 5.41) is -0.304. The summed E-state index contributed by atoms with van der Waals surface area (Å²) in [6.45, 7) is 2.04. The van der Waals surface area contributed by atoms with Crippen LogP contribution in [0.15, 0.2) is 41.3 Å². The molecule has 1 N–H and O–H groups in total. The minimum absolute atomic E-state index is 0.0655. The van der Waals surface area contributed by atoms with Crippen molar-refractivity contribution in [3.63, 3.8) is 0 Å². The van der Waals surface area contributed by atoms with E-state index in [4.69, 9.17) is 11.6 Å². The molecule has 0 aromatic heterocycles. The van der Waals surface area contributed by atoms with E-state index in [2.05, 4.69) is 4.72 Å². The molecule has 0 bridgehead atoms. The average Bonchev–Trinajstić information content (AvgIpc) is 2.91. The Morgan fingerprint density at radius 1 is 1.19 bits per heavy atom. The van der Waals surface area contributed by atoms with E-state index in [-0.39, 0.29) is 21.4 Å². The van der Waals surface area contributed by atoms with Gasteiger partial charge in [-0.1, -0.05) is 17.7 Å². The Labute approximate surface area is 156 Å². The Morgan fingerprint density at radius 3 is 2.54 bits per heavy atom. The lowest BCUT2D eigenvalue weighted by atomic mass is 10.2. The first-order valence-corrected chi connectivity index (χ1v) is 11.2. The van der Waals surface area contributed by atoms with E-state index < -0.39 is 25.9 Å². The third-order valence-corrected chi connectivity index (χ3v) is 7.58. The van der Waals surface area contributed by atoms with E-state index in [1.165, 1.54) is 10.4 Å². The molecular formula is C16H16ClFN2O4S2. The number of aryl methyl sites for hydroxylation is 1. The standard InChI is InChI=1S/C16H16ClFN2O4S2/c1-11-3-4-12(20-7-2-8-25(20,21)22)9-16(11)19-26(23,24)13-5-6-15(18)14(17)10-13/h3-6,9-10,19H,2,7-8H2,1H3. The molecule has 2 aromatic carbocycles. The molecule has 0 radical (unpaired) electrons. The van der Waals surface area contributed by atoms with Crippen molar-refractivity contribution in [1.82, 2.24) is 0 Å². The SMILES string of the molecule is Cc1ccc(N2CCCS2(=O)=O)cc1NS(=O)(=O)c1ccc(F)c(Cl)c1. The van der Waals surface area contributed by atoms with Crippen LogP contribution in [0.2, 0.25) is 5.02 Å². The van der Waals surface area contributed by atoms with Crippen molar-refractivity contribution in [3.05, 3.63) is 52.8 Å². The molecule has 0 unspecified atom stereocenters. The van der Waals surface area contributed by atoms with Crippen molar-refractivity contribution in [2.75, 3.05) is 21.3 Å². The lowest BCUT2D eigenvalue weighted by molar-refractivity contribution is 0.598. The van der Waals surface area contributed by atoms with Gasteiger partial charge in [-0.25, -0.2) is 21.2 Å². The topological polar surface area (TPSA) is 83.6 Å². The van der Waals surface area contributed by atoms with Crippen LogP contribution in [0.3, 0.4) is 0 Å². The van der Waals surface area contributed by atoms with Gasteiger partial charge in [0.05, 0.1) is 27.0 Å². The first-order chi connectivity index (χ1) is 12.1. The summed E-state index contributed by atoms with van der Waals surface area (Å²) < 4.78 is 66.2. The summed E-state index contributed by atoms with van der Waals surface area (Å²) in [6.07, 6.45) is 0.519. The molecule has 0 spiro atoms. The fourth-order valence-electron chi connectivity index (χ4n) is 2.65. The van der Waals surface area contributed by atoms with Gasteiger partial charge < -0.3 is 0 Å². The number of sulfonamides is 2. The van der Waals surface area contributed by atoms with Crippen LogP contribution < -0.4 is 9.03 Å². The van der Waals surface area contributed by atoms with Crippen LogP contribution in [0.25, 0.3) is 0 Å². The van der Waals surface area contributed by atoms with Gasteiger partial charge >= 0.3 is 0 Å². The van der Waals surface area contributed by atoms with E-state index in [1.807, 2.05) is 0 Å². The van der Waals surface area contributed by atoms with Gasteiger partial charge in [0.1, 0.15) is 5.82 Å². The Morgan fingerprint density at radius 2 is 1.92 bits per heavy atom. The number of nitrogens with one attached hydrogen (secondary N) is 1. The first-order valence-electron chi connectivity index (χ1n) is 7.69. The van der Waals surface area contributed by atoms with Gasteiger partial charge in [-0.3, -0.25) is 9.03 Å². The molecule has 26 heavy (non-hydrogen) atoms. The molecule has 10 heteroatoms. The summed E-state index contributed by atoms with van der Waals surface area (Å²) in [6, 6.07) is 7.83. The van der Waals surface area contributed by atoms with Gasteiger partial charge in [0.15, 0.2) is 0 Å². The van der Waals surface area contributed by atoms with Crippen LogP contribution in [-0.2, 0) is 20.0 Å². The fourth-order valence-corrected chi connectivity index (χ4v) is 5.60. The number of anilines is 2. The maximum atomic E-state index is 13.3. The van der Waals surface area contributed by atoms with E-state index in [1.54, 1.807) is 19.1 Å². The molecule has 1 fully saturated rings. The largest absolute Gasteiger partial charge is 0.279 e. The maximum Gasteiger partial charge on any atom is 0.261 e. The third-order valence-electron chi connectivity index (χ3n) is 4.05. The maximum absolute atomic E-state index is 13.3. The molecule has 1 heterocycles. The summed E-state index contributed by atoms with van der Waals surface area (Å²) in [4.78, 5) is -0.192. The highest BCUT2D eigenvalue weighted by Gasteiger charge is 2.29. The predicted octanol–water partition coefficient (Wildman–Crippen LogP) is 3.13. The fraction of sp³-hybridized carbons (Fsp3) is 0.250. The number of nitrogens with zero attached hydrogens (tertiary/aromatic N) is 1. The van der Waals surface area contributed by atoms with Crippen molar-refractivity contribution >= 4 is 43.0 Å². The molecule has 1 aliphatic rings. The van der Waals surface area contributed by atoms with Gasteiger partial charge in [-0.2, -0.15) is 0 Å². The number of hydrogen-bond donors (Lipinski definition) is 1. The Bertz CT molecular complexity index is 1070. The molecule has 6 nitrogen and oxygen atoms in total. The molecule has 1 aliphatic heterocycles. The third kappa shape index (κ3) is 3.65. The zero-order valence-electron chi connectivity index (χ0n) is 13.7. The van der Waals surface area contributed by atoms with Gasteiger partial charge in [-0.05, 0) is 49.2 Å². The molecule has 1 saturated heterocycles. The number of rotatable bonds is 4. The van der Waals surface area contributed by atoms with Crippen LogP contribution >= 0.6 is 11.6 Å². The quantitative estimate of drug-likeness (QED) is 0.826. The van der Waals surface area contributed by atoms with Gasteiger partial charge in [0.2, 0.25) is 10.0 Å². The van der Waals surface area contributed by atoms with Crippen molar-refractivity contribution < 1.29 is 21.2 Å². The molecule has 2 aromatic rings. The van der Waals surface area contributed by atoms with Crippen LogP contribution in [0, 0.1) is 12.7 Å². The second-order valence-corrected chi connectivity index (χ2v) is 10.0. The number of benzene rings is 2. The molecule has 140 valence electrons. The molecule has 0 amide bonds. The van der Waals surface area contributed by atoms with E-state index >= 15 is 0 Å². The normalized spacial score (nSPS) is 16.7. The molecule has 0 aliphatic carbocycles. The number of halogens is 2. The van der Waals surface area contributed by atoms with Crippen molar-refractivity contribution in [1.29, 1.82) is 0 Å². The van der Waals surface area contributed by atoms with Crippen LogP contribution in [-0.4, -0.2) is 29.1 Å². The lowest BCUT2D eigenvalue weighted by Crippen LogP contribution is -2.25. The highest BCUT2D eigenvalue weighted by molar-refractivity contribution is 7.93. The van der Waals surface area contributed by atoms with Gasteiger partial charge in [0.25, 0.3) is 10.0 Å². The van der Waals surface area contributed by atoms with E-state index in [0.717, 1.165) is 18.2 Å². The predicted molar refractivity (Wildman–Crippen MR) is 99.1 cm³/mol. The summed E-state index contributed by atoms with van der Waals surface area (Å²) in [5.41, 5.74) is 1.25. The Hall–Kier alpha value is -1.84. The summed E-state index contributed by atoms with van der Waals surface area (Å²) in [5.74, 6) is -0.654. The monoisotopic (exact) mass is 418 g/mol. The van der Waals surface area contributed by atoms with E-state index in [0.29, 0.717) is 24.2 Å². The minimum Gasteiger partial charge on any atom is -0.279 e. The Kier molecular flexibility index (Phi) is 4.89. The number of hydrogen-bond acceptors (Lipinski definition) is 4. The zero-order chi connectivity index (χ0) is 19.1. The smallest absolute Gasteiger partial charge is 0.261 e. The highest BCUT2D eigenvalue weighted by atomic mass is 35.5. The molecular weight excluding hydrogens is 403 g/mol. The van der Waals surface area contributed by atoms with Crippen molar-refractivity contribution in [3.8, 4) is 0 Å². The lowest BCUT2D eigenvalue weighted by Gasteiger charge is -2.19. The van der Waals surface area contributed by atoms with Gasteiger partial charge in [0, 0.05) is 6.54 Å². The van der Waals surface area contributed by atoms with E-state index in [9.17, 15) is 21.2 Å². The molecule has 0 atom stereocenters. The second kappa shape index (κ2) is 6.71. The highest BCUT2D eigenvalue weighted by Crippen LogP contribution is 2.30. The van der Waals surface area contributed by atoms with Crippen molar-refractivity contribution in [2.45, 2.75) is 18.2 Å². The van der Waals surface area contributed by atoms with Crippen molar-refractivity contribution in [2.24, 2.45) is 0 Å². The molecule has 0 saturated carbocycles. The average molecular weight is 419 g/mol. The first kappa shape index (κ1) is 18.9. The van der Waals surface area contributed by atoms with Crippen LogP contribution in [0.4, 0.5) is 15.8 Å². The van der Waals surface area contributed by atoms with Crippen LogP contribution in [0.5, 0.6) is 0 Å². The Balaban J connectivity index is 1.96.